The molecule has 0 radical (unpaired) electrons. The van der Waals surface area contributed by atoms with E-state index in [1.54, 1.807) is 0 Å². The van der Waals surface area contributed by atoms with Crippen molar-refractivity contribution < 1.29 is 4.74 Å². The van der Waals surface area contributed by atoms with Crippen LogP contribution < -0.4 is 16.2 Å². The van der Waals surface area contributed by atoms with E-state index in [0.29, 0.717) is 12.2 Å². The Balaban J connectivity index is 1.72. The number of anilines is 2. The molecule has 6 nitrogen and oxygen atoms in total. The maximum atomic E-state index is 6.24. The lowest BCUT2D eigenvalue weighted by Gasteiger charge is -2.18. The van der Waals surface area contributed by atoms with Gasteiger partial charge in [0.1, 0.15) is 18.2 Å². The van der Waals surface area contributed by atoms with E-state index in [0.717, 1.165) is 48.6 Å². The lowest BCUT2D eigenvalue weighted by atomic mass is 9.97. The summed E-state index contributed by atoms with van der Waals surface area (Å²) in [7, 11) is 0. The molecule has 2 aromatic rings. The molecular weight excluding hydrogens is 362 g/mol. The summed E-state index contributed by atoms with van der Waals surface area (Å²) in [4.78, 5) is 11.2. The Morgan fingerprint density at radius 1 is 1.10 bits per heavy atom. The van der Waals surface area contributed by atoms with Crippen molar-refractivity contribution in [1.82, 2.24) is 14.9 Å². The third kappa shape index (κ3) is 5.82. The van der Waals surface area contributed by atoms with Crippen molar-refractivity contribution in [3.63, 3.8) is 0 Å². The van der Waals surface area contributed by atoms with Gasteiger partial charge in [-0.1, -0.05) is 31.9 Å². The van der Waals surface area contributed by atoms with Crippen LogP contribution in [0.5, 0.6) is 5.75 Å². The Hall–Kier alpha value is -2.34. The third-order valence-electron chi connectivity index (χ3n) is 5.79. The molecule has 29 heavy (non-hydrogen) atoms. The third-order valence-corrected chi connectivity index (χ3v) is 5.79. The Bertz CT molecular complexity index is 802. The highest BCUT2D eigenvalue weighted by molar-refractivity contribution is 5.50. The minimum atomic E-state index is 0.258. The fourth-order valence-electron chi connectivity index (χ4n) is 4.00. The summed E-state index contributed by atoms with van der Waals surface area (Å²) in [6.07, 6.45) is 7.61. The molecule has 0 spiro atoms. The molecule has 2 heterocycles. The fraction of sp³-hybridized carbons (Fsp3) is 0.565. The first-order valence-electron chi connectivity index (χ1n) is 10.9. The highest BCUT2D eigenvalue weighted by atomic mass is 16.5. The van der Waals surface area contributed by atoms with Gasteiger partial charge in [0.2, 0.25) is 5.95 Å². The minimum Gasteiger partial charge on any atom is -0.492 e. The molecule has 1 fully saturated rings. The van der Waals surface area contributed by atoms with Crippen molar-refractivity contribution in [3.05, 3.63) is 40.6 Å². The quantitative estimate of drug-likeness (QED) is 0.594. The van der Waals surface area contributed by atoms with Crippen LogP contribution in [0.15, 0.2) is 18.2 Å². The summed E-state index contributed by atoms with van der Waals surface area (Å²) >= 11 is 0. The van der Waals surface area contributed by atoms with Crippen LogP contribution in [-0.2, 0) is 12.8 Å². The van der Waals surface area contributed by atoms with E-state index in [1.807, 2.05) is 6.07 Å². The number of nitrogens with two attached hydrogens (primary N) is 2. The molecular formula is C23H35N5O. The summed E-state index contributed by atoms with van der Waals surface area (Å²) in [6, 6.07) is 6.24. The van der Waals surface area contributed by atoms with Gasteiger partial charge in [-0.05, 0) is 62.9 Å². The first-order chi connectivity index (χ1) is 14.1. The van der Waals surface area contributed by atoms with Gasteiger partial charge in [-0.15, -0.1) is 0 Å². The molecule has 3 rings (SSSR count). The predicted molar refractivity (Wildman–Crippen MR) is 119 cm³/mol. The van der Waals surface area contributed by atoms with Crippen LogP contribution in [-0.4, -0.2) is 41.1 Å². The number of hydrogen-bond acceptors (Lipinski definition) is 6. The van der Waals surface area contributed by atoms with Gasteiger partial charge in [0, 0.05) is 18.5 Å². The Kier molecular flexibility index (Phi) is 7.69. The SMILES string of the molecule is CCCCCc1nc(N)nc(N)c1Cc1cccc(OCCN2CCCC2)c1C. The number of likely N-dealkylation sites (tertiary alicyclic amines) is 1. The van der Waals surface area contributed by atoms with Gasteiger partial charge in [-0.25, -0.2) is 4.98 Å². The standard InChI is InChI=1S/C23H35N5O/c1-3-4-5-10-20-19(22(24)27-23(25)26-20)16-18-9-8-11-21(17(18)2)29-15-14-28-12-6-7-13-28/h8-9,11H,3-7,10,12-16H2,1-2H3,(H4,24,25,26,27). The summed E-state index contributed by atoms with van der Waals surface area (Å²) in [6.45, 7) is 8.41. The Labute approximate surface area is 174 Å². The number of rotatable bonds is 10. The maximum Gasteiger partial charge on any atom is 0.222 e. The first kappa shape index (κ1) is 21.4. The van der Waals surface area contributed by atoms with Crippen LogP contribution in [0.4, 0.5) is 11.8 Å². The highest BCUT2D eigenvalue weighted by Crippen LogP contribution is 2.27. The van der Waals surface area contributed by atoms with Crippen molar-refractivity contribution in [2.45, 2.75) is 58.8 Å². The van der Waals surface area contributed by atoms with Crippen LogP contribution in [0.1, 0.15) is 61.4 Å². The molecule has 0 bridgehead atoms. The molecule has 1 aliphatic heterocycles. The van der Waals surface area contributed by atoms with Gasteiger partial charge in [-0.3, -0.25) is 4.90 Å². The van der Waals surface area contributed by atoms with Gasteiger partial charge < -0.3 is 16.2 Å². The summed E-state index contributed by atoms with van der Waals surface area (Å²) in [5.74, 6) is 1.70. The van der Waals surface area contributed by atoms with Gasteiger partial charge >= 0.3 is 0 Å². The molecule has 6 heteroatoms. The average Bonchev–Trinajstić information content (AvgIpc) is 3.20. The molecule has 0 unspecified atom stereocenters. The molecule has 1 aromatic carbocycles. The van der Waals surface area contributed by atoms with Crippen molar-refractivity contribution in [2.75, 3.05) is 37.7 Å². The summed E-state index contributed by atoms with van der Waals surface area (Å²) in [5.41, 5.74) is 16.4. The largest absolute Gasteiger partial charge is 0.492 e. The van der Waals surface area contributed by atoms with Crippen molar-refractivity contribution in [2.24, 2.45) is 0 Å². The monoisotopic (exact) mass is 397 g/mol. The van der Waals surface area contributed by atoms with Gasteiger partial charge in [0.25, 0.3) is 0 Å². The molecule has 4 N–H and O–H groups in total. The van der Waals surface area contributed by atoms with E-state index < -0.39 is 0 Å². The van der Waals surface area contributed by atoms with Crippen molar-refractivity contribution in [1.29, 1.82) is 0 Å². The molecule has 1 aliphatic rings. The van der Waals surface area contributed by atoms with E-state index in [1.165, 1.54) is 44.3 Å². The zero-order valence-electron chi connectivity index (χ0n) is 17.9. The zero-order chi connectivity index (χ0) is 20.6. The second-order valence-electron chi connectivity index (χ2n) is 7.96. The van der Waals surface area contributed by atoms with E-state index in [2.05, 4.69) is 40.8 Å². The van der Waals surface area contributed by atoms with Crippen LogP contribution in [0.3, 0.4) is 0 Å². The van der Waals surface area contributed by atoms with Gasteiger partial charge in [0.15, 0.2) is 0 Å². The normalized spacial score (nSPS) is 14.4. The highest BCUT2D eigenvalue weighted by Gasteiger charge is 2.15. The van der Waals surface area contributed by atoms with Crippen molar-refractivity contribution >= 4 is 11.8 Å². The molecule has 0 saturated carbocycles. The average molecular weight is 398 g/mol. The van der Waals surface area contributed by atoms with Crippen LogP contribution >= 0.6 is 0 Å². The lowest BCUT2D eigenvalue weighted by Crippen LogP contribution is -2.25. The Morgan fingerprint density at radius 2 is 1.90 bits per heavy atom. The summed E-state index contributed by atoms with van der Waals surface area (Å²) < 4.78 is 6.11. The van der Waals surface area contributed by atoms with Crippen LogP contribution in [0.25, 0.3) is 0 Å². The number of aromatic nitrogens is 2. The van der Waals surface area contributed by atoms with Crippen LogP contribution in [0, 0.1) is 6.92 Å². The number of benzene rings is 1. The molecule has 0 amide bonds. The number of hydrogen-bond donors (Lipinski definition) is 2. The van der Waals surface area contributed by atoms with Gasteiger partial charge in [0.05, 0.1) is 5.69 Å². The fourth-order valence-corrected chi connectivity index (χ4v) is 4.00. The van der Waals surface area contributed by atoms with E-state index in [-0.39, 0.29) is 5.95 Å². The molecule has 1 aromatic heterocycles. The number of aryl methyl sites for hydroxylation is 1. The van der Waals surface area contributed by atoms with E-state index in [4.69, 9.17) is 16.2 Å². The van der Waals surface area contributed by atoms with E-state index >= 15 is 0 Å². The number of nitrogen functional groups attached to an aromatic ring is 2. The number of nitrogens with zero attached hydrogens (tertiary/aromatic N) is 3. The number of unbranched alkanes of at least 4 members (excludes halogenated alkanes) is 2. The molecule has 1 saturated heterocycles. The smallest absolute Gasteiger partial charge is 0.222 e. The molecule has 0 aliphatic carbocycles. The number of ether oxygens (including phenoxy) is 1. The predicted octanol–water partition coefficient (Wildman–Crippen LogP) is 3.75. The topological polar surface area (TPSA) is 90.3 Å². The second-order valence-corrected chi connectivity index (χ2v) is 7.96. The lowest BCUT2D eigenvalue weighted by molar-refractivity contribution is 0.236. The second kappa shape index (κ2) is 10.4. The van der Waals surface area contributed by atoms with Gasteiger partial charge in [-0.2, -0.15) is 4.98 Å². The Morgan fingerprint density at radius 3 is 2.66 bits per heavy atom. The van der Waals surface area contributed by atoms with E-state index in [9.17, 15) is 0 Å². The van der Waals surface area contributed by atoms with Crippen molar-refractivity contribution in [3.8, 4) is 5.75 Å². The maximum absolute atomic E-state index is 6.24. The zero-order valence-corrected chi connectivity index (χ0v) is 17.9. The molecule has 158 valence electrons. The summed E-state index contributed by atoms with van der Waals surface area (Å²) in [5, 5.41) is 0. The molecule has 0 atom stereocenters. The van der Waals surface area contributed by atoms with Crippen LogP contribution in [0.2, 0.25) is 0 Å². The first-order valence-corrected chi connectivity index (χ1v) is 10.9. The minimum absolute atomic E-state index is 0.258.